The highest BCUT2D eigenvalue weighted by atomic mass is 32.2. The molecule has 3 rings (SSSR count). The van der Waals surface area contributed by atoms with Gasteiger partial charge in [-0.25, -0.2) is 4.98 Å². The molecule has 4 atom stereocenters. The van der Waals surface area contributed by atoms with E-state index < -0.39 is 4.92 Å². The second-order valence-corrected chi connectivity index (χ2v) is 7.53. The minimum absolute atomic E-state index is 0.0496. The van der Waals surface area contributed by atoms with E-state index >= 15 is 0 Å². The number of nitro groups is 1. The van der Waals surface area contributed by atoms with Crippen molar-refractivity contribution >= 4 is 23.4 Å². The van der Waals surface area contributed by atoms with E-state index in [-0.39, 0.29) is 23.4 Å². The van der Waals surface area contributed by atoms with Crippen LogP contribution in [-0.4, -0.2) is 27.6 Å². The summed E-state index contributed by atoms with van der Waals surface area (Å²) >= 11 is 1.12. The van der Waals surface area contributed by atoms with Gasteiger partial charge >= 0.3 is 5.69 Å². The third-order valence-electron chi connectivity index (χ3n) is 5.11. The molecule has 1 aromatic rings. The number of fused-ring (bicyclic) bond motifs is 2. The van der Waals surface area contributed by atoms with Crippen molar-refractivity contribution in [3.63, 3.8) is 0 Å². The molecule has 0 aliphatic heterocycles. The largest absolute Gasteiger partial charge is 0.353 e. The van der Waals surface area contributed by atoms with E-state index in [0.717, 1.165) is 23.6 Å². The average molecular weight is 335 g/mol. The van der Waals surface area contributed by atoms with Gasteiger partial charge in [0, 0.05) is 18.3 Å². The van der Waals surface area contributed by atoms with Crippen LogP contribution in [0.1, 0.15) is 32.6 Å². The Morgan fingerprint density at radius 1 is 1.52 bits per heavy atom. The fourth-order valence-corrected chi connectivity index (χ4v) is 4.85. The Kier molecular flexibility index (Phi) is 4.84. The Balaban J connectivity index is 1.51. The van der Waals surface area contributed by atoms with Gasteiger partial charge in [0.2, 0.25) is 5.91 Å². The molecule has 1 heterocycles. The number of rotatable bonds is 6. The topological polar surface area (TPSA) is 85.1 Å². The summed E-state index contributed by atoms with van der Waals surface area (Å²) in [6.45, 7) is 2.08. The van der Waals surface area contributed by atoms with Crippen molar-refractivity contribution in [3.05, 3.63) is 28.4 Å². The standard InChI is InChI=1S/C16H21N3O3S/c1-10(13-8-11-4-5-12(13)7-11)18-15(20)9-23-16-14(19(21)22)3-2-6-17-16/h2-3,6,10-13H,4-5,7-9H2,1H3,(H,18,20)/t10-,11+,12+,13+/m1/s1. The molecule has 1 N–H and O–H groups in total. The summed E-state index contributed by atoms with van der Waals surface area (Å²) in [6, 6.07) is 3.11. The summed E-state index contributed by atoms with van der Waals surface area (Å²) in [5, 5.41) is 14.3. The number of amides is 1. The molecule has 124 valence electrons. The second-order valence-electron chi connectivity index (χ2n) is 6.57. The summed E-state index contributed by atoms with van der Waals surface area (Å²) in [6.07, 6.45) is 6.70. The number of nitrogens with one attached hydrogen (secondary N) is 1. The number of hydrogen-bond acceptors (Lipinski definition) is 5. The zero-order valence-corrected chi connectivity index (χ0v) is 13.9. The Bertz CT molecular complexity index is 610. The number of thioether (sulfide) groups is 1. The fourth-order valence-electron chi connectivity index (χ4n) is 4.08. The third kappa shape index (κ3) is 3.65. The monoisotopic (exact) mass is 335 g/mol. The van der Waals surface area contributed by atoms with E-state index in [4.69, 9.17) is 0 Å². The Hall–Kier alpha value is -1.63. The van der Waals surface area contributed by atoms with E-state index in [1.165, 1.54) is 44.0 Å². The maximum Gasteiger partial charge on any atom is 0.301 e. The van der Waals surface area contributed by atoms with Gasteiger partial charge < -0.3 is 5.32 Å². The summed E-state index contributed by atoms with van der Waals surface area (Å²) in [4.78, 5) is 26.6. The Labute approximate surface area is 139 Å². The minimum Gasteiger partial charge on any atom is -0.353 e. The minimum atomic E-state index is -0.467. The maximum atomic E-state index is 12.1. The fraction of sp³-hybridized carbons (Fsp3) is 0.625. The molecular formula is C16H21N3O3S. The highest BCUT2D eigenvalue weighted by Crippen LogP contribution is 2.49. The van der Waals surface area contributed by atoms with Gasteiger partial charge in [0.15, 0.2) is 5.03 Å². The molecule has 1 aromatic heterocycles. The number of pyridine rings is 1. The zero-order valence-electron chi connectivity index (χ0n) is 13.1. The Morgan fingerprint density at radius 3 is 3.00 bits per heavy atom. The molecule has 0 radical (unpaired) electrons. The van der Waals surface area contributed by atoms with Gasteiger partial charge in [-0.05, 0) is 50.0 Å². The molecule has 0 aromatic carbocycles. The van der Waals surface area contributed by atoms with Crippen LogP contribution in [-0.2, 0) is 4.79 Å². The Morgan fingerprint density at radius 2 is 2.35 bits per heavy atom. The van der Waals surface area contributed by atoms with Gasteiger partial charge in [-0.2, -0.15) is 0 Å². The van der Waals surface area contributed by atoms with Gasteiger partial charge in [-0.1, -0.05) is 18.2 Å². The quantitative estimate of drug-likeness (QED) is 0.491. The molecule has 7 heteroatoms. The molecule has 6 nitrogen and oxygen atoms in total. The van der Waals surface area contributed by atoms with Crippen LogP contribution in [0.25, 0.3) is 0 Å². The number of nitrogens with zero attached hydrogens (tertiary/aromatic N) is 2. The molecule has 23 heavy (non-hydrogen) atoms. The lowest BCUT2D eigenvalue weighted by atomic mass is 9.84. The molecule has 0 saturated heterocycles. The molecule has 2 bridgehead atoms. The van der Waals surface area contributed by atoms with E-state index in [1.54, 1.807) is 0 Å². The maximum absolute atomic E-state index is 12.1. The number of hydrogen-bond donors (Lipinski definition) is 1. The van der Waals surface area contributed by atoms with Gasteiger partial charge in [0.05, 0.1) is 10.7 Å². The summed E-state index contributed by atoms with van der Waals surface area (Å²) < 4.78 is 0. The molecule has 0 spiro atoms. The van der Waals surface area contributed by atoms with Gasteiger partial charge in [-0.15, -0.1) is 0 Å². The first-order valence-electron chi connectivity index (χ1n) is 8.06. The van der Waals surface area contributed by atoms with Gasteiger partial charge in [0.25, 0.3) is 0 Å². The van der Waals surface area contributed by atoms with Gasteiger partial charge in [-0.3, -0.25) is 14.9 Å². The number of aromatic nitrogens is 1. The second kappa shape index (κ2) is 6.86. The summed E-state index contributed by atoms with van der Waals surface area (Å²) in [5.74, 6) is 2.29. The first kappa shape index (κ1) is 16.2. The normalized spacial score (nSPS) is 26.9. The smallest absolute Gasteiger partial charge is 0.301 e. The SMILES string of the molecule is C[C@@H](NC(=O)CSc1ncccc1[N+](=O)[O-])[C@@H]1C[C@H]2CC[C@H]1C2. The van der Waals surface area contributed by atoms with Crippen LogP contribution in [0.5, 0.6) is 0 Å². The highest BCUT2D eigenvalue weighted by molar-refractivity contribution is 8.00. The van der Waals surface area contributed by atoms with Crippen molar-refractivity contribution in [2.24, 2.45) is 17.8 Å². The van der Waals surface area contributed by atoms with Crippen molar-refractivity contribution in [1.82, 2.24) is 10.3 Å². The van der Waals surface area contributed by atoms with E-state index in [0.29, 0.717) is 10.9 Å². The van der Waals surface area contributed by atoms with E-state index in [2.05, 4.69) is 17.2 Å². The van der Waals surface area contributed by atoms with Crippen molar-refractivity contribution < 1.29 is 9.72 Å². The molecule has 0 unspecified atom stereocenters. The van der Waals surface area contributed by atoms with E-state index in [1.807, 2.05) is 0 Å². The lowest BCUT2D eigenvalue weighted by molar-refractivity contribution is -0.388. The molecule has 2 fully saturated rings. The molecule has 2 aliphatic carbocycles. The average Bonchev–Trinajstić information content (AvgIpc) is 3.16. The third-order valence-corrected chi connectivity index (χ3v) is 6.11. The van der Waals surface area contributed by atoms with Crippen LogP contribution in [0.2, 0.25) is 0 Å². The summed E-state index contributed by atoms with van der Waals surface area (Å²) in [7, 11) is 0. The van der Waals surface area contributed by atoms with Crippen molar-refractivity contribution in [1.29, 1.82) is 0 Å². The van der Waals surface area contributed by atoms with E-state index in [9.17, 15) is 14.9 Å². The number of carbonyl (C=O) groups excluding carboxylic acids is 1. The molecule has 2 saturated carbocycles. The lowest BCUT2D eigenvalue weighted by Gasteiger charge is -2.28. The predicted octanol–water partition coefficient (Wildman–Crippen LogP) is 3.02. The van der Waals surface area contributed by atoms with Crippen LogP contribution in [0.4, 0.5) is 5.69 Å². The number of carbonyl (C=O) groups is 1. The van der Waals surface area contributed by atoms with Crippen molar-refractivity contribution in [2.45, 2.75) is 43.7 Å². The van der Waals surface area contributed by atoms with Crippen molar-refractivity contribution in [2.75, 3.05) is 5.75 Å². The lowest BCUT2D eigenvalue weighted by Crippen LogP contribution is -2.40. The van der Waals surface area contributed by atoms with Crippen molar-refractivity contribution in [3.8, 4) is 0 Å². The predicted molar refractivity (Wildman–Crippen MR) is 88.2 cm³/mol. The van der Waals surface area contributed by atoms with Gasteiger partial charge in [0.1, 0.15) is 0 Å². The van der Waals surface area contributed by atoms with Crippen LogP contribution in [0.3, 0.4) is 0 Å². The van der Waals surface area contributed by atoms with Crippen LogP contribution < -0.4 is 5.32 Å². The first-order chi connectivity index (χ1) is 11.0. The highest BCUT2D eigenvalue weighted by Gasteiger charge is 2.42. The van der Waals surface area contributed by atoms with Crippen LogP contribution in [0, 0.1) is 27.9 Å². The first-order valence-corrected chi connectivity index (χ1v) is 9.04. The molecule has 2 aliphatic rings. The molecular weight excluding hydrogens is 314 g/mol. The van der Waals surface area contributed by atoms with Crippen LogP contribution >= 0.6 is 11.8 Å². The van der Waals surface area contributed by atoms with Crippen LogP contribution in [0.15, 0.2) is 23.4 Å². The molecule has 1 amide bonds. The summed E-state index contributed by atoms with van der Waals surface area (Å²) in [5.41, 5.74) is -0.0496. The zero-order chi connectivity index (χ0) is 16.4.